The monoisotopic (exact) mass is 253 g/mol. The third-order valence-corrected chi connectivity index (χ3v) is 2.85. The Morgan fingerprint density at radius 1 is 1.29 bits per heavy atom. The number of hydrogen-bond donors (Lipinski definition) is 1. The first-order chi connectivity index (χ1) is 8.22. The summed E-state index contributed by atoms with van der Waals surface area (Å²) in [6.07, 6.45) is 3.23. The molecule has 2 nitrogen and oxygen atoms in total. The van der Waals surface area contributed by atoms with Crippen molar-refractivity contribution in [3.05, 3.63) is 35.9 Å². The number of alkyl halides is 1. The maximum absolute atomic E-state index is 11.6. The Bertz CT molecular complexity index is 326. The quantitative estimate of drug-likeness (QED) is 0.587. The molecule has 0 aromatic heterocycles. The molecule has 1 atom stereocenters. The van der Waals surface area contributed by atoms with E-state index in [1.165, 1.54) is 5.56 Å². The average Bonchev–Trinajstić information content (AvgIpc) is 2.30. The molecule has 1 amide bonds. The zero-order valence-electron chi connectivity index (χ0n) is 10.3. The van der Waals surface area contributed by atoms with Crippen molar-refractivity contribution < 1.29 is 4.79 Å². The fourth-order valence-corrected chi connectivity index (χ4v) is 1.93. The van der Waals surface area contributed by atoms with E-state index in [-0.39, 0.29) is 11.9 Å². The van der Waals surface area contributed by atoms with Crippen LogP contribution in [-0.2, 0) is 11.2 Å². The Labute approximate surface area is 108 Å². The fraction of sp³-hybridized carbons (Fsp3) is 0.500. The van der Waals surface area contributed by atoms with Gasteiger partial charge in [0.25, 0.3) is 0 Å². The van der Waals surface area contributed by atoms with E-state index in [1.54, 1.807) is 0 Å². The number of rotatable bonds is 7. The van der Waals surface area contributed by atoms with Crippen LogP contribution in [0.2, 0.25) is 0 Å². The van der Waals surface area contributed by atoms with Crippen molar-refractivity contribution in [2.75, 3.05) is 5.88 Å². The first-order valence-corrected chi connectivity index (χ1v) is 6.65. The number of unbranched alkanes of at least 4 members (excludes halogenated alkanes) is 1. The molecule has 0 bridgehead atoms. The molecule has 94 valence electrons. The molecule has 17 heavy (non-hydrogen) atoms. The van der Waals surface area contributed by atoms with E-state index in [1.807, 2.05) is 25.1 Å². The molecule has 0 aliphatic heterocycles. The number of halogens is 1. The third kappa shape index (κ3) is 6.32. The summed E-state index contributed by atoms with van der Waals surface area (Å²) < 4.78 is 0. The highest BCUT2D eigenvalue weighted by Crippen LogP contribution is 2.03. The highest BCUT2D eigenvalue weighted by molar-refractivity contribution is 6.17. The summed E-state index contributed by atoms with van der Waals surface area (Å²) in [5.74, 6) is 0.755. The molecular weight excluding hydrogens is 234 g/mol. The number of nitrogens with one attached hydrogen (secondary N) is 1. The van der Waals surface area contributed by atoms with Crippen LogP contribution in [0.5, 0.6) is 0 Å². The summed E-state index contributed by atoms with van der Waals surface area (Å²) in [6.45, 7) is 2.03. The Kier molecular flexibility index (Phi) is 6.71. The Morgan fingerprint density at radius 2 is 2.00 bits per heavy atom. The SMILES string of the molecule is CC(Cc1ccccc1)NC(=O)CCCCCl. The lowest BCUT2D eigenvalue weighted by Gasteiger charge is -2.13. The Balaban J connectivity index is 2.25. The van der Waals surface area contributed by atoms with Gasteiger partial charge in [0.05, 0.1) is 0 Å². The zero-order chi connectivity index (χ0) is 12.5. The lowest BCUT2D eigenvalue weighted by atomic mass is 10.1. The molecule has 0 spiro atoms. The van der Waals surface area contributed by atoms with Crippen LogP contribution in [0.15, 0.2) is 30.3 Å². The normalized spacial score (nSPS) is 12.1. The van der Waals surface area contributed by atoms with Crippen LogP contribution in [-0.4, -0.2) is 17.8 Å². The van der Waals surface area contributed by atoms with Gasteiger partial charge < -0.3 is 5.32 Å². The highest BCUT2D eigenvalue weighted by Gasteiger charge is 2.07. The van der Waals surface area contributed by atoms with E-state index in [4.69, 9.17) is 11.6 Å². The van der Waals surface area contributed by atoms with Gasteiger partial charge in [0.2, 0.25) is 5.91 Å². The first kappa shape index (κ1) is 14.0. The van der Waals surface area contributed by atoms with Gasteiger partial charge in [-0.1, -0.05) is 30.3 Å². The number of hydrogen-bond acceptors (Lipinski definition) is 1. The second-order valence-corrected chi connectivity index (χ2v) is 4.68. The minimum absolute atomic E-state index is 0.124. The fourth-order valence-electron chi connectivity index (χ4n) is 1.75. The minimum atomic E-state index is 0.124. The maximum Gasteiger partial charge on any atom is 0.220 e. The molecule has 1 unspecified atom stereocenters. The lowest BCUT2D eigenvalue weighted by molar-refractivity contribution is -0.121. The van der Waals surface area contributed by atoms with Crippen LogP contribution in [0.4, 0.5) is 0 Å². The van der Waals surface area contributed by atoms with Gasteiger partial charge in [-0.2, -0.15) is 0 Å². The maximum atomic E-state index is 11.6. The summed E-state index contributed by atoms with van der Waals surface area (Å²) >= 11 is 5.57. The largest absolute Gasteiger partial charge is 0.353 e. The van der Waals surface area contributed by atoms with Crippen LogP contribution in [0, 0.1) is 0 Å². The zero-order valence-corrected chi connectivity index (χ0v) is 11.0. The first-order valence-electron chi connectivity index (χ1n) is 6.11. The van der Waals surface area contributed by atoms with Crippen molar-refractivity contribution in [1.29, 1.82) is 0 Å². The molecule has 0 aliphatic carbocycles. The van der Waals surface area contributed by atoms with Crippen LogP contribution in [0.1, 0.15) is 31.7 Å². The van der Waals surface area contributed by atoms with Gasteiger partial charge in [0, 0.05) is 18.3 Å². The molecule has 0 radical (unpaired) electrons. The molecule has 1 N–H and O–H groups in total. The van der Waals surface area contributed by atoms with Gasteiger partial charge in [0.1, 0.15) is 0 Å². The average molecular weight is 254 g/mol. The van der Waals surface area contributed by atoms with Gasteiger partial charge >= 0.3 is 0 Å². The standard InChI is InChI=1S/C14H20ClNO/c1-12(11-13-7-3-2-4-8-13)16-14(17)9-5-6-10-15/h2-4,7-8,12H,5-6,9-11H2,1H3,(H,16,17). The Morgan fingerprint density at radius 3 is 2.65 bits per heavy atom. The molecule has 3 heteroatoms. The summed E-state index contributed by atoms with van der Waals surface area (Å²) in [6, 6.07) is 10.4. The third-order valence-electron chi connectivity index (χ3n) is 2.58. The number of carbonyl (C=O) groups is 1. The van der Waals surface area contributed by atoms with Crippen molar-refractivity contribution in [1.82, 2.24) is 5.32 Å². The van der Waals surface area contributed by atoms with E-state index < -0.39 is 0 Å². The van der Waals surface area contributed by atoms with Crippen molar-refractivity contribution in [3.63, 3.8) is 0 Å². The molecular formula is C14H20ClNO. The number of carbonyl (C=O) groups excluding carboxylic acids is 1. The minimum Gasteiger partial charge on any atom is -0.353 e. The topological polar surface area (TPSA) is 29.1 Å². The molecule has 0 saturated heterocycles. The van der Waals surface area contributed by atoms with Gasteiger partial charge in [-0.15, -0.1) is 11.6 Å². The molecule has 1 rings (SSSR count). The number of benzene rings is 1. The molecule has 0 saturated carbocycles. The molecule has 1 aromatic rings. The van der Waals surface area contributed by atoms with Gasteiger partial charge in [-0.25, -0.2) is 0 Å². The van der Waals surface area contributed by atoms with Crippen molar-refractivity contribution >= 4 is 17.5 Å². The van der Waals surface area contributed by atoms with Crippen LogP contribution in [0.25, 0.3) is 0 Å². The van der Waals surface area contributed by atoms with Crippen LogP contribution in [0.3, 0.4) is 0 Å². The smallest absolute Gasteiger partial charge is 0.220 e. The molecule has 0 heterocycles. The van der Waals surface area contributed by atoms with Gasteiger partial charge in [-0.05, 0) is 31.7 Å². The Hall–Kier alpha value is -1.02. The van der Waals surface area contributed by atoms with E-state index in [0.29, 0.717) is 12.3 Å². The number of amides is 1. The lowest BCUT2D eigenvalue weighted by Crippen LogP contribution is -2.33. The molecule has 0 aliphatic rings. The van der Waals surface area contributed by atoms with E-state index in [0.717, 1.165) is 19.3 Å². The predicted octanol–water partition coefficient (Wildman–Crippen LogP) is 3.14. The van der Waals surface area contributed by atoms with Crippen molar-refractivity contribution in [2.45, 2.75) is 38.6 Å². The summed E-state index contributed by atoms with van der Waals surface area (Å²) in [5.41, 5.74) is 1.25. The summed E-state index contributed by atoms with van der Waals surface area (Å²) in [4.78, 5) is 11.6. The second kappa shape index (κ2) is 8.13. The predicted molar refractivity (Wildman–Crippen MR) is 72.3 cm³/mol. The van der Waals surface area contributed by atoms with Crippen LogP contribution < -0.4 is 5.32 Å². The van der Waals surface area contributed by atoms with Crippen molar-refractivity contribution in [2.24, 2.45) is 0 Å². The highest BCUT2D eigenvalue weighted by atomic mass is 35.5. The summed E-state index contributed by atoms with van der Waals surface area (Å²) in [5, 5.41) is 3.01. The van der Waals surface area contributed by atoms with E-state index >= 15 is 0 Å². The van der Waals surface area contributed by atoms with E-state index in [9.17, 15) is 4.79 Å². The van der Waals surface area contributed by atoms with Crippen molar-refractivity contribution in [3.8, 4) is 0 Å². The van der Waals surface area contributed by atoms with Gasteiger partial charge in [0.15, 0.2) is 0 Å². The second-order valence-electron chi connectivity index (χ2n) is 4.30. The van der Waals surface area contributed by atoms with Crippen LogP contribution >= 0.6 is 11.6 Å². The van der Waals surface area contributed by atoms with Gasteiger partial charge in [-0.3, -0.25) is 4.79 Å². The summed E-state index contributed by atoms with van der Waals surface area (Å²) in [7, 11) is 0. The molecule has 0 fully saturated rings. The van der Waals surface area contributed by atoms with E-state index in [2.05, 4.69) is 17.4 Å². The molecule has 1 aromatic carbocycles.